The van der Waals surface area contributed by atoms with Crippen LogP contribution in [0.15, 0.2) is 30.3 Å². The van der Waals surface area contributed by atoms with Gasteiger partial charge in [0.25, 0.3) is 0 Å². The molecule has 0 amide bonds. The van der Waals surface area contributed by atoms with Crippen LogP contribution in [-0.2, 0) is 14.3 Å². The average Bonchev–Trinajstić information content (AvgIpc) is 2.39. The van der Waals surface area contributed by atoms with Gasteiger partial charge in [-0.2, -0.15) is 0 Å². The molecule has 0 N–H and O–H groups in total. The summed E-state index contributed by atoms with van der Waals surface area (Å²) in [4.78, 5) is 11.2. The van der Waals surface area contributed by atoms with Gasteiger partial charge in [0.15, 0.2) is 0 Å². The van der Waals surface area contributed by atoms with Crippen LogP contribution in [0.5, 0.6) is 0 Å². The number of allylic oxidation sites excluding steroid dienone is 1. The van der Waals surface area contributed by atoms with E-state index in [4.69, 9.17) is 9.47 Å². The van der Waals surface area contributed by atoms with Gasteiger partial charge in [-0.25, -0.2) is 4.79 Å². The van der Waals surface area contributed by atoms with Gasteiger partial charge in [0, 0.05) is 5.92 Å². The van der Waals surface area contributed by atoms with Gasteiger partial charge in [0.05, 0.1) is 13.2 Å². The standard InChI is InChI=1S/C15H18O3/c1-2-18-15(16)11-17-10-13-8-5-7-12-6-3-4-9-14(12)13/h3-7,9,13H,2,8,10-11H2,1H3. The summed E-state index contributed by atoms with van der Waals surface area (Å²) in [6.45, 7) is 2.79. The Labute approximate surface area is 107 Å². The first-order chi connectivity index (χ1) is 8.81. The van der Waals surface area contributed by atoms with Gasteiger partial charge in [-0.3, -0.25) is 0 Å². The highest BCUT2D eigenvalue weighted by molar-refractivity contribution is 5.70. The Morgan fingerprint density at radius 3 is 3.06 bits per heavy atom. The molecule has 18 heavy (non-hydrogen) atoms. The molecule has 1 aromatic rings. The fourth-order valence-corrected chi connectivity index (χ4v) is 2.17. The lowest BCUT2D eigenvalue weighted by atomic mass is 9.88. The first-order valence-corrected chi connectivity index (χ1v) is 6.30. The summed E-state index contributed by atoms with van der Waals surface area (Å²) in [5.41, 5.74) is 2.54. The monoisotopic (exact) mass is 246 g/mol. The lowest BCUT2D eigenvalue weighted by Crippen LogP contribution is -2.17. The van der Waals surface area contributed by atoms with Crippen LogP contribution in [0.25, 0.3) is 6.08 Å². The second kappa shape index (κ2) is 6.36. The van der Waals surface area contributed by atoms with Crippen molar-refractivity contribution >= 4 is 12.0 Å². The SMILES string of the molecule is CCOC(=O)COCC1CC=Cc2ccccc21. The van der Waals surface area contributed by atoms with Gasteiger partial charge < -0.3 is 9.47 Å². The molecule has 0 heterocycles. The molecular formula is C15H18O3. The summed E-state index contributed by atoms with van der Waals surface area (Å²) in [5, 5.41) is 0. The van der Waals surface area contributed by atoms with Crippen molar-refractivity contribution in [1.29, 1.82) is 0 Å². The molecule has 0 saturated heterocycles. The Balaban J connectivity index is 1.88. The number of benzene rings is 1. The van der Waals surface area contributed by atoms with E-state index >= 15 is 0 Å². The molecular weight excluding hydrogens is 228 g/mol. The molecule has 0 aromatic heterocycles. The van der Waals surface area contributed by atoms with Crippen molar-refractivity contribution in [3.05, 3.63) is 41.5 Å². The summed E-state index contributed by atoms with van der Waals surface area (Å²) in [5.74, 6) is 0.0396. The minimum atomic E-state index is -0.294. The van der Waals surface area contributed by atoms with Crippen LogP contribution in [0.4, 0.5) is 0 Å². The van der Waals surface area contributed by atoms with E-state index in [1.807, 2.05) is 12.1 Å². The molecule has 3 nitrogen and oxygen atoms in total. The topological polar surface area (TPSA) is 35.5 Å². The van der Waals surface area contributed by atoms with E-state index in [0.29, 0.717) is 19.1 Å². The van der Waals surface area contributed by atoms with E-state index in [1.54, 1.807) is 6.92 Å². The summed E-state index contributed by atoms with van der Waals surface area (Å²) in [7, 11) is 0. The molecule has 0 fully saturated rings. The Hall–Kier alpha value is -1.61. The number of ether oxygens (including phenoxy) is 2. The third-order valence-electron chi connectivity index (χ3n) is 3.00. The second-order valence-corrected chi connectivity index (χ2v) is 4.28. The molecule has 1 aliphatic rings. The molecule has 0 radical (unpaired) electrons. The van der Waals surface area contributed by atoms with Gasteiger partial charge in [-0.05, 0) is 24.5 Å². The van der Waals surface area contributed by atoms with E-state index in [0.717, 1.165) is 6.42 Å². The number of carbonyl (C=O) groups excluding carboxylic acids is 1. The Morgan fingerprint density at radius 2 is 2.22 bits per heavy atom. The van der Waals surface area contributed by atoms with Crippen molar-refractivity contribution in [2.75, 3.05) is 19.8 Å². The third kappa shape index (κ3) is 3.20. The molecule has 0 spiro atoms. The summed E-state index contributed by atoms with van der Waals surface area (Å²) in [6, 6.07) is 8.29. The lowest BCUT2D eigenvalue weighted by Gasteiger charge is -2.21. The van der Waals surface area contributed by atoms with Gasteiger partial charge in [0.1, 0.15) is 6.61 Å². The minimum Gasteiger partial charge on any atom is -0.464 e. The normalized spacial score (nSPS) is 17.3. The molecule has 1 atom stereocenters. The highest BCUT2D eigenvalue weighted by Crippen LogP contribution is 2.29. The number of fused-ring (bicyclic) bond motifs is 1. The van der Waals surface area contributed by atoms with Crippen LogP contribution >= 0.6 is 0 Å². The zero-order valence-electron chi connectivity index (χ0n) is 10.6. The van der Waals surface area contributed by atoms with E-state index in [-0.39, 0.29) is 12.6 Å². The Kier molecular flexibility index (Phi) is 4.53. The summed E-state index contributed by atoms with van der Waals surface area (Å²) < 4.78 is 10.3. The number of carbonyl (C=O) groups is 1. The quantitative estimate of drug-likeness (QED) is 0.749. The van der Waals surface area contributed by atoms with E-state index in [9.17, 15) is 4.79 Å². The first kappa shape index (κ1) is 12.8. The van der Waals surface area contributed by atoms with Crippen molar-refractivity contribution in [2.45, 2.75) is 19.3 Å². The number of rotatable bonds is 5. The van der Waals surface area contributed by atoms with Crippen molar-refractivity contribution in [2.24, 2.45) is 0 Å². The second-order valence-electron chi connectivity index (χ2n) is 4.28. The van der Waals surface area contributed by atoms with E-state index in [1.165, 1.54) is 11.1 Å². The molecule has 3 heteroatoms. The van der Waals surface area contributed by atoms with Crippen molar-refractivity contribution in [3.63, 3.8) is 0 Å². The first-order valence-electron chi connectivity index (χ1n) is 6.30. The van der Waals surface area contributed by atoms with Gasteiger partial charge in [0.2, 0.25) is 0 Å². The minimum absolute atomic E-state index is 0.0379. The number of esters is 1. The molecule has 96 valence electrons. The summed E-state index contributed by atoms with van der Waals surface area (Å²) >= 11 is 0. The fourth-order valence-electron chi connectivity index (χ4n) is 2.17. The highest BCUT2D eigenvalue weighted by Gasteiger charge is 2.17. The smallest absolute Gasteiger partial charge is 0.332 e. The molecule has 0 saturated carbocycles. The Bertz CT molecular complexity index is 437. The van der Waals surface area contributed by atoms with Crippen molar-refractivity contribution in [1.82, 2.24) is 0 Å². The molecule has 0 aliphatic heterocycles. The number of hydrogen-bond acceptors (Lipinski definition) is 3. The molecule has 2 rings (SSSR count). The van der Waals surface area contributed by atoms with Crippen molar-refractivity contribution in [3.8, 4) is 0 Å². The lowest BCUT2D eigenvalue weighted by molar-refractivity contribution is -0.148. The molecule has 0 bridgehead atoms. The number of hydrogen-bond donors (Lipinski definition) is 0. The predicted molar refractivity (Wildman–Crippen MR) is 70.3 cm³/mol. The molecule has 1 unspecified atom stereocenters. The van der Waals surface area contributed by atoms with Crippen LogP contribution < -0.4 is 0 Å². The third-order valence-corrected chi connectivity index (χ3v) is 3.00. The van der Waals surface area contributed by atoms with E-state index < -0.39 is 0 Å². The van der Waals surface area contributed by atoms with Crippen LogP contribution in [0.1, 0.15) is 30.4 Å². The Morgan fingerprint density at radius 1 is 1.39 bits per heavy atom. The van der Waals surface area contributed by atoms with Crippen LogP contribution in [0.3, 0.4) is 0 Å². The van der Waals surface area contributed by atoms with Crippen LogP contribution in [-0.4, -0.2) is 25.8 Å². The zero-order valence-corrected chi connectivity index (χ0v) is 10.6. The summed E-state index contributed by atoms with van der Waals surface area (Å²) in [6.07, 6.45) is 5.25. The molecule has 1 aromatic carbocycles. The largest absolute Gasteiger partial charge is 0.464 e. The maximum Gasteiger partial charge on any atom is 0.332 e. The van der Waals surface area contributed by atoms with Gasteiger partial charge >= 0.3 is 5.97 Å². The predicted octanol–water partition coefficient (Wildman–Crippen LogP) is 2.77. The maximum atomic E-state index is 11.2. The van der Waals surface area contributed by atoms with Crippen LogP contribution in [0, 0.1) is 0 Å². The van der Waals surface area contributed by atoms with Crippen molar-refractivity contribution < 1.29 is 14.3 Å². The van der Waals surface area contributed by atoms with Gasteiger partial charge in [-0.15, -0.1) is 0 Å². The zero-order chi connectivity index (χ0) is 12.8. The fraction of sp³-hybridized carbons (Fsp3) is 0.400. The van der Waals surface area contributed by atoms with E-state index in [2.05, 4.69) is 24.3 Å². The van der Waals surface area contributed by atoms with Gasteiger partial charge in [-0.1, -0.05) is 36.4 Å². The maximum absolute atomic E-state index is 11.2. The molecule has 1 aliphatic carbocycles. The average molecular weight is 246 g/mol. The highest BCUT2D eigenvalue weighted by atomic mass is 16.6. The van der Waals surface area contributed by atoms with Crippen LogP contribution in [0.2, 0.25) is 0 Å².